The lowest BCUT2D eigenvalue weighted by Gasteiger charge is -2.29. The van der Waals surface area contributed by atoms with Crippen LogP contribution in [-0.2, 0) is 18.4 Å². The topological polar surface area (TPSA) is 108 Å². The first kappa shape index (κ1) is 63.7. The van der Waals surface area contributed by atoms with E-state index in [1.54, 1.807) is 6.08 Å². The van der Waals surface area contributed by atoms with Crippen molar-refractivity contribution in [1.29, 1.82) is 0 Å². The standard InChI is InChI=1S/C56H109N2O6P/c1-6-8-10-12-14-16-17-18-19-20-21-22-23-24-25-26-27-28-29-30-31-32-33-34-35-36-37-38-39-40-41-42-44-46-48-50-56(60)57-54(53-64-65(61,62)63-52-51-58(3,4)5)55(59)49-47-45-43-15-13-11-9-7-2/h17-18,20-21,47,49,54-55,59H,6-16,19,22-46,48,50-53H2,1-5H3,(H-,57,60,61,62)/b18-17-,21-20-,49-47+. The maximum atomic E-state index is 12.9. The number of nitrogens with zero attached hydrogens (tertiary/aromatic N) is 1. The largest absolute Gasteiger partial charge is 0.756 e. The Morgan fingerprint density at radius 1 is 0.538 bits per heavy atom. The molecule has 0 saturated carbocycles. The second kappa shape index (κ2) is 47.8. The van der Waals surface area contributed by atoms with E-state index in [2.05, 4.69) is 43.5 Å². The van der Waals surface area contributed by atoms with Crippen LogP contribution in [0.25, 0.3) is 0 Å². The highest BCUT2D eigenvalue weighted by atomic mass is 31.2. The molecule has 3 atom stereocenters. The number of phosphoric acid groups is 1. The molecule has 0 rings (SSSR count). The molecule has 384 valence electrons. The van der Waals surface area contributed by atoms with Gasteiger partial charge >= 0.3 is 0 Å². The zero-order chi connectivity index (χ0) is 47.8. The van der Waals surface area contributed by atoms with Crippen molar-refractivity contribution in [3.63, 3.8) is 0 Å². The fraction of sp³-hybridized carbons (Fsp3) is 0.875. The summed E-state index contributed by atoms with van der Waals surface area (Å²) in [6.07, 6.45) is 61.2. The van der Waals surface area contributed by atoms with E-state index in [4.69, 9.17) is 9.05 Å². The summed E-state index contributed by atoms with van der Waals surface area (Å²) in [5, 5.41) is 13.7. The lowest BCUT2D eigenvalue weighted by atomic mass is 10.0. The summed E-state index contributed by atoms with van der Waals surface area (Å²) in [5.74, 6) is -0.197. The van der Waals surface area contributed by atoms with Crippen LogP contribution < -0.4 is 10.2 Å². The van der Waals surface area contributed by atoms with Crippen molar-refractivity contribution in [2.24, 2.45) is 0 Å². The number of aliphatic hydroxyl groups is 1. The number of hydrogen-bond donors (Lipinski definition) is 2. The Morgan fingerprint density at radius 2 is 0.892 bits per heavy atom. The summed E-state index contributed by atoms with van der Waals surface area (Å²) in [4.78, 5) is 25.3. The van der Waals surface area contributed by atoms with Gasteiger partial charge in [-0.1, -0.05) is 243 Å². The predicted octanol–water partition coefficient (Wildman–Crippen LogP) is 16.0. The van der Waals surface area contributed by atoms with E-state index in [0.29, 0.717) is 17.4 Å². The van der Waals surface area contributed by atoms with Crippen molar-refractivity contribution in [3.05, 3.63) is 36.5 Å². The van der Waals surface area contributed by atoms with E-state index >= 15 is 0 Å². The first-order chi connectivity index (χ1) is 31.5. The Balaban J connectivity index is 3.83. The SMILES string of the molecule is CCCCCCC/C=C\C/C=C\CCCCCCCCCCCCCCCCCCCCCCCCCC(=O)NC(COP(=O)([O-])OCC[N+](C)(C)C)C(O)/C=C/CCCCCCCC. The minimum absolute atomic E-state index is 0.000201. The number of hydrogen-bond acceptors (Lipinski definition) is 6. The molecule has 0 aliphatic rings. The molecule has 0 saturated heterocycles. The van der Waals surface area contributed by atoms with Crippen LogP contribution in [0, 0.1) is 0 Å². The molecule has 0 aliphatic carbocycles. The second-order valence-corrected chi connectivity index (χ2v) is 21.7. The van der Waals surface area contributed by atoms with E-state index < -0.39 is 20.0 Å². The maximum Gasteiger partial charge on any atom is 0.268 e. The highest BCUT2D eigenvalue weighted by molar-refractivity contribution is 7.45. The van der Waals surface area contributed by atoms with Gasteiger partial charge in [0.1, 0.15) is 13.2 Å². The highest BCUT2D eigenvalue weighted by Gasteiger charge is 2.23. The van der Waals surface area contributed by atoms with Gasteiger partial charge in [0.05, 0.1) is 39.9 Å². The summed E-state index contributed by atoms with van der Waals surface area (Å²) >= 11 is 0. The molecular weight excluding hydrogens is 828 g/mol. The van der Waals surface area contributed by atoms with Crippen LogP contribution in [0.1, 0.15) is 264 Å². The Labute approximate surface area is 404 Å². The van der Waals surface area contributed by atoms with Crippen LogP contribution in [0.15, 0.2) is 36.5 Å². The fourth-order valence-electron chi connectivity index (χ4n) is 8.18. The van der Waals surface area contributed by atoms with Crippen molar-refractivity contribution < 1.29 is 32.9 Å². The number of phosphoric ester groups is 1. The van der Waals surface area contributed by atoms with Crippen molar-refractivity contribution in [2.45, 2.75) is 276 Å². The summed E-state index contributed by atoms with van der Waals surface area (Å²) in [6.45, 7) is 4.61. The van der Waals surface area contributed by atoms with Crippen LogP contribution >= 0.6 is 7.82 Å². The van der Waals surface area contributed by atoms with E-state index in [0.717, 1.165) is 44.9 Å². The van der Waals surface area contributed by atoms with Crippen LogP contribution in [0.4, 0.5) is 0 Å². The number of unbranched alkanes of at least 4 members (excludes halogenated alkanes) is 34. The van der Waals surface area contributed by atoms with Gasteiger partial charge in [0, 0.05) is 6.42 Å². The quantitative estimate of drug-likeness (QED) is 0.0272. The number of allylic oxidation sites excluding steroid dienone is 5. The summed E-state index contributed by atoms with van der Waals surface area (Å²) < 4.78 is 23.2. The van der Waals surface area contributed by atoms with Crippen molar-refractivity contribution in [3.8, 4) is 0 Å². The molecule has 65 heavy (non-hydrogen) atoms. The maximum absolute atomic E-state index is 12.9. The van der Waals surface area contributed by atoms with Crippen LogP contribution in [0.3, 0.4) is 0 Å². The van der Waals surface area contributed by atoms with Gasteiger partial charge in [-0.25, -0.2) is 0 Å². The van der Waals surface area contributed by atoms with Gasteiger partial charge in [-0.3, -0.25) is 9.36 Å². The third-order valence-electron chi connectivity index (χ3n) is 12.6. The van der Waals surface area contributed by atoms with Gasteiger partial charge in [0.25, 0.3) is 7.82 Å². The second-order valence-electron chi connectivity index (χ2n) is 20.3. The molecule has 0 aromatic heterocycles. The minimum Gasteiger partial charge on any atom is -0.756 e. The Morgan fingerprint density at radius 3 is 1.28 bits per heavy atom. The fourth-order valence-corrected chi connectivity index (χ4v) is 8.91. The zero-order valence-electron chi connectivity index (χ0n) is 43.7. The van der Waals surface area contributed by atoms with E-state index in [9.17, 15) is 19.4 Å². The van der Waals surface area contributed by atoms with Gasteiger partial charge in [0.15, 0.2) is 0 Å². The molecule has 0 heterocycles. The van der Waals surface area contributed by atoms with Crippen molar-refractivity contribution in [2.75, 3.05) is 40.9 Å². The number of aliphatic hydroxyl groups excluding tert-OH is 1. The Kier molecular flexibility index (Phi) is 46.8. The van der Waals surface area contributed by atoms with Gasteiger partial charge in [-0.15, -0.1) is 0 Å². The van der Waals surface area contributed by atoms with Crippen LogP contribution in [0.2, 0.25) is 0 Å². The van der Waals surface area contributed by atoms with Gasteiger partial charge < -0.3 is 28.8 Å². The van der Waals surface area contributed by atoms with Gasteiger partial charge in [0.2, 0.25) is 5.91 Å². The lowest BCUT2D eigenvalue weighted by Crippen LogP contribution is -2.45. The molecule has 0 radical (unpaired) electrons. The number of likely N-dealkylation sites (N-methyl/N-ethyl adjacent to an activating group) is 1. The van der Waals surface area contributed by atoms with E-state index in [-0.39, 0.29) is 19.1 Å². The monoisotopic (exact) mass is 937 g/mol. The molecule has 3 unspecified atom stereocenters. The molecule has 8 nitrogen and oxygen atoms in total. The molecule has 0 aromatic rings. The minimum atomic E-state index is -4.58. The zero-order valence-corrected chi connectivity index (χ0v) is 44.6. The van der Waals surface area contributed by atoms with Crippen LogP contribution in [0.5, 0.6) is 0 Å². The smallest absolute Gasteiger partial charge is 0.268 e. The lowest BCUT2D eigenvalue weighted by molar-refractivity contribution is -0.870. The molecule has 1 amide bonds. The van der Waals surface area contributed by atoms with Crippen molar-refractivity contribution in [1.82, 2.24) is 5.32 Å². The number of carbonyl (C=O) groups is 1. The number of amides is 1. The van der Waals surface area contributed by atoms with E-state index in [1.165, 1.54) is 199 Å². The van der Waals surface area contributed by atoms with Crippen molar-refractivity contribution >= 4 is 13.7 Å². The Bertz CT molecular complexity index is 1150. The number of rotatable bonds is 51. The number of carbonyl (C=O) groups excluding carboxylic acids is 1. The van der Waals surface area contributed by atoms with Crippen LogP contribution in [-0.4, -0.2) is 68.5 Å². The van der Waals surface area contributed by atoms with Gasteiger partial charge in [-0.2, -0.15) is 0 Å². The molecule has 0 aromatic carbocycles. The average Bonchev–Trinajstić information content (AvgIpc) is 3.26. The highest BCUT2D eigenvalue weighted by Crippen LogP contribution is 2.38. The molecule has 2 N–H and O–H groups in total. The molecule has 0 spiro atoms. The predicted molar refractivity (Wildman–Crippen MR) is 279 cm³/mol. The number of nitrogens with one attached hydrogen (secondary N) is 1. The van der Waals surface area contributed by atoms with Gasteiger partial charge in [-0.05, 0) is 51.4 Å². The average molecular weight is 937 g/mol. The molecule has 0 bridgehead atoms. The Hall–Kier alpha value is -1.28. The number of quaternary nitrogens is 1. The molecule has 9 heteroatoms. The first-order valence-corrected chi connectivity index (χ1v) is 29.3. The normalized spacial score (nSPS) is 14.3. The summed E-state index contributed by atoms with van der Waals surface area (Å²) in [5.41, 5.74) is 0. The first-order valence-electron chi connectivity index (χ1n) is 27.9. The molecule has 0 aliphatic heterocycles. The molecular formula is C56H109N2O6P. The third kappa shape index (κ3) is 50.4. The third-order valence-corrected chi connectivity index (χ3v) is 13.6. The summed E-state index contributed by atoms with van der Waals surface area (Å²) in [7, 11) is 1.27. The molecule has 0 fully saturated rings. The van der Waals surface area contributed by atoms with E-state index in [1.807, 2.05) is 27.2 Å². The summed E-state index contributed by atoms with van der Waals surface area (Å²) in [6, 6.07) is -0.881.